The van der Waals surface area contributed by atoms with Crippen molar-refractivity contribution in [1.29, 1.82) is 0 Å². The van der Waals surface area contributed by atoms with Crippen LogP contribution in [-0.4, -0.2) is 19.4 Å². The van der Waals surface area contributed by atoms with Crippen LogP contribution < -0.4 is 11.5 Å². The number of rotatable bonds is 2. The van der Waals surface area contributed by atoms with Gasteiger partial charge in [-0.25, -0.2) is 9.97 Å². The molecule has 7 heteroatoms. The van der Waals surface area contributed by atoms with E-state index in [1.165, 1.54) is 25.7 Å². The zero-order valence-electron chi connectivity index (χ0n) is 13.6. The molecule has 0 amide bonds. The average molecular weight is 334 g/mol. The quantitative estimate of drug-likeness (QED) is 0.582. The SMILES string of the molecule is Nc1nc2cc(-c3nc(C4CCCC4)n4ccnc(N)c34)ccc2o1. The van der Waals surface area contributed by atoms with E-state index in [1.54, 1.807) is 6.20 Å². The lowest BCUT2D eigenvalue weighted by Crippen LogP contribution is -2.01. The first kappa shape index (κ1) is 14.3. The van der Waals surface area contributed by atoms with Crippen LogP contribution in [0.4, 0.5) is 11.8 Å². The van der Waals surface area contributed by atoms with Crippen LogP contribution in [0.5, 0.6) is 0 Å². The van der Waals surface area contributed by atoms with Crippen LogP contribution in [0, 0.1) is 0 Å². The van der Waals surface area contributed by atoms with Crippen LogP contribution >= 0.6 is 0 Å². The van der Waals surface area contributed by atoms with Gasteiger partial charge in [0, 0.05) is 23.9 Å². The minimum absolute atomic E-state index is 0.162. The van der Waals surface area contributed by atoms with Crippen molar-refractivity contribution in [1.82, 2.24) is 19.4 Å². The van der Waals surface area contributed by atoms with Gasteiger partial charge in [-0.05, 0) is 31.0 Å². The predicted octanol–water partition coefficient (Wildman–Crippen LogP) is 3.36. The topological polar surface area (TPSA) is 108 Å². The summed E-state index contributed by atoms with van der Waals surface area (Å²) in [6.07, 6.45) is 8.51. The van der Waals surface area contributed by atoms with E-state index in [2.05, 4.69) is 14.4 Å². The van der Waals surface area contributed by atoms with E-state index in [1.807, 2.05) is 24.4 Å². The number of aromatic nitrogens is 4. The monoisotopic (exact) mass is 334 g/mol. The Morgan fingerprint density at radius 2 is 1.96 bits per heavy atom. The molecule has 1 aliphatic rings. The number of nitrogens with zero attached hydrogens (tertiary/aromatic N) is 4. The van der Waals surface area contributed by atoms with Gasteiger partial charge >= 0.3 is 0 Å². The first-order valence-corrected chi connectivity index (χ1v) is 8.49. The van der Waals surface area contributed by atoms with Crippen molar-refractivity contribution >= 4 is 28.4 Å². The summed E-state index contributed by atoms with van der Waals surface area (Å²) in [5.41, 5.74) is 15.8. The summed E-state index contributed by atoms with van der Waals surface area (Å²) in [7, 11) is 0. The van der Waals surface area contributed by atoms with Gasteiger partial charge in [0.1, 0.15) is 28.4 Å². The summed E-state index contributed by atoms with van der Waals surface area (Å²) in [5.74, 6) is 2.01. The highest BCUT2D eigenvalue weighted by molar-refractivity contribution is 5.89. The Morgan fingerprint density at radius 1 is 1.12 bits per heavy atom. The number of oxazole rings is 1. The molecule has 0 atom stereocenters. The number of benzene rings is 1. The fourth-order valence-corrected chi connectivity index (χ4v) is 3.85. The molecule has 25 heavy (non-hydrogen) atoms. The molecule has 0 radical (unpaired) electrons. The smallest absolute Gasteiger partial charge is 0.292 e. The molecule has 0 unspecified atom stereocenters. The molecule has 4 N–H and O–H groups in total. The number of anilines is 2. The molecular weight excluding hydrogens is 316 g/mol. The van der Waals surface area contributed by atoms with Crippen LogP contribution in [0.2, 0.25) is 0 Å². The number of fused-ring (bicyclic) bond motifs is 2. The third-order valence-corrected chi connectivity index (χ3v) is 5.01. The number of imidazole rings is 1. The highest BCUT2D eigenvalue weighted by Crippen LogP contribution is 2.38. The van der Waals surface area contributed by atoms with E-state index >= 15 is 0 Å². The van der Waals surface area contributed by atoms with Gasteiger partial charge in [0.05, 0.1) is 0 Å². The van der Waals surface area contributed by atoms with E-state index in [9.17, 15) is 0 Å². The molecule has 126 valence electrons. The summed E-state index contributed by atoms with van der Waals surface area (Å²) in [6.45, 7) is 0. The fourth-order valence-electron chi connectivity index (χ4n) is 3.85. The molecule has 1 aliphatic carbocycles. The molecule has 4 aromatic rings. The minimum Gasteiger partial charge on any atom is -0.424 e. The zero-order chi connectivity index (χ0) is 17.0. The number of nitrogens with two attached hydrogens (primary N) is 2. The third kappa shape index (κ3) is 2.15. The van der Waals surface area contributed by atoms with Gasteiger partial charge < -0.3 is 15.9 Å². The lowest BCUT2D eigenvalue weighted by atomic mass is 10.1. The van der Waals surface area contributed by atoms with Gasteiger partial charge in [0.15, 0.2) is 5.58 Å². The summed E-state index contributed by atoms with van der Waals surface area (Å²) in [6, 6.07) is 5.92. The van der Waals surface area contributed by atoms with Crippen molar-refractivity contribution < 1.29 is 4.42 Å². The van der Waals surface area contributed by atoms with Gasteiger partial charge in [-0.3, -0.25) is 4.40 Å². The minimum atomic E-state index is 0.162. The Labute approximate surface area is 143 Å². The van der Waals surface area contributed by atoms with Gasteiger partial charge in [0.25, 0.3) is 6.01 Å². The van der Waals surface area contributed by atoms with Gasteiger partial charge in [0.2, 0.25) is 0 Å². The largest absolute Gasteiger partial charge is 0.424 e. The predicted molar refractivity (Wildman–Crippen MR) is 96.0 cm³/mol. The molecule has 7 nitrogen and oxygen atoms in total. The second-order valence-electron chi connectivity index (χ2n) is 6.57. The molecule has 1 fully saturated rings. The molecular formula is C18H18N6O. The Hall–Kier alpha value is -3.09. The molecule has 0 bridgehead atoms. The molecule has 0 aliphatic heterocycles. The van der Waals surface area contributed by atoms with Crippen LogP contribution in [0.3, 0.4) is 0 Å². The molecule has 0 saturated heterocycles. The van der Waals surface area contributed by atoms with Crippen LogP contribution in [0.15, 0.2) is 35.0 Å². The maximum atomic E-state index is 6.20. The Balaban J connectivity index is 1.76. The lowest BCUT2D eigenvalue weighted by Gasteiger charge is -2.07. The number of nitrogen functional groups attached to an aromatic ring is 2. The van der Waals surface area contributed by atoms with Gasteiger partial charge in [-0.15, -0.1) is 0 Å². The average Bonchev–Trinajstić information content (AvgIpc) is 3.31. The summed E-state index contributed by atoms with van der Waals surface area (Å²) in [4.78, 5) is 13.4. The molecule has 3 aromatic heterocycles. The zero-order valence-corrected chi connectivity index (χ0v) is 13.6. The molecule has 1 saturated carbocycles. The van der Waals surface area contributed by atoms with Crippen molar-refractivity contribution in [2.45, 2.75) is 31.6 Å². The Bertz CT molecular complexity index is 1090. The van der Waals surface area contributed by atoms with E-state index in [0.29, 0.717) is 22.8 Å². The van der Waals surface area contributed by atoms with Crippen molar-refractivity contribution in [2.75, 3.05) is 11.5 Å². The van der Waals surface area contributed by atoms with Gasteiger partial charge in [-0.2, -0.15) is 4.98 Å². The van der Waals surface area contributed by atoms with Gasteiger partial charge in [-0.1, -0.05) is 12.8 Å². The van der Waals surface area contributed by atoms with Crippen LogP contribution in [0.25, 0.3) is 27.9 Å². The third-order valence-electron chi connectivity index (χ3n) is 5.01. The first-order valence-electron chi connectivity index (χ1n) is 8.49. The fraction of sp³-hybridized carbons (Fsp3) is 0.278. The summed E-state index contributed by atoms with van der Waals surface area (Å²) in [5, 5.41) is 0. The first-order chi connectivity index (χ1) is 12.2. The normalized spacial score (nSPS) is 15.5. The van der Waals surface area contributed by atoms with Crippen molar-refractivity contribution in [3.05, 3.63) is 36.4 Å². The van der Waals surface area contributed by atoms with Crippen molar-refractivity contribution in [2.24, 2.45) is 0 Å². The summed E-state index contributed by atoms with van der Waals surface area (Å²) >= 11 is 0. The highest BCUT2D eigenvalue weighted by Gasteiger charge is 2.25. The van der Waals surface area contributed by atoms with E-state index in [4.69, 9.17) is 20.9 Å². The van der Waals surface area contributed by atoms with E-state index in [0.717, 1.165) is 22.6 Å². The standard InChI is InChI=1S/C18H18N6O/c19-16-15-14(11-5-6-13-12(9-11)22-18(20)25-13)23-17(10-3-1-2-4-10)24(15)8-7-21-16/h5-10H,1-4H2,(H2,19,21)(H2,20,22). The molecule has 1 aromatic carbocycles. The van der Waals surface area contributed by atoms with E-state index in [-0.39, 0.29) is 6.01 Å². The molecule has 0 spiro atoms. The molecule has 5 rings (SSSR count). The van der Waals surface area contributed by atoms with Crippen LogP contribution in [-0.2, 0) is 0 Å². The lowest BCUT2D eigenvalue weighted by molar-refractivity contribution is 0.626. The van der Waals surface area contributed by atoms with Crippen LogP contribution in [0.1, 0.15) is 37.4 Å². The van der Waals surface area contributed by atoms with Crippen molar-refractivity contribution in [3.63, 3.8) is 0 Å². The number of hydrogen-bond acceptors (Lipinski definition) is 6. The summed E-state index contributed by atoms with van der Waals surface area (Å²) < 4.78 is 7.45. The van der Waals surface area contributed by atoms with Crippen molar-refractivity contribution in [3.8, 4) is 11.3 Å². The maximum absolute atomic E-state index is 6.20. The second kappa shape index (κ2) is 5.20. The molecule has 3 heterocycles. The maximum Gasteiger partial charge on any atom is 0.292 e. The Morgan fingerprint density at radius 3 is 2.80 bits per heavy atom. The van der Waals surface area contributed by atoms with E-state index < -0.39 is 0 Å². The number of hydrogen-bond donors (Lipinski definition) is 2. The Kier molecular flexibility index (Phi) is 2.97. The second-order valence-corrected chi connectivity index (χ2v) is 6.57. The highest BCUT2D eigenvalue weighted by atomic mass is 16.4.